The molecular formula is C25H32N4OS2. The lowest BCUT2D eigenvalue weighted by molar-refractivity contribution is -0.117. The fraction of sp³-hybridized carbons (Fsp3) is 0.400. The molecule has 5 nitrogen and oxygen atoms in total. The molecule has 0 radical (unpaired) electrons. The molecule has 3 heterocycles. The van der Waals surface area contributed by atoms with Crippen molar-refractivity contribution in [2.75, 3.05) is 56.0 Å². The van der Waals surface area contributed by atoms with E-state index in [0.717, 1.165) is 57.9 Å². The Morgan fingerprint density at radius 3 is 2.28 bits per heavy atom. The van der Waals surface area contributed by atoms with Gasteiger partial charge in [0.15, 0.2) is 0 Å². The number of nitrogens with one attached hydrogen (secondary N) is 1. The lowest BCUT2D eigenvalue weighted by Crippen LogP contribution is -2.46. The molecule has 4 rings (SSSR count). The molecule has 32 heavy (non-hydrogen) atoms. The van der Waals surface area contributed by atoms with Gasteiger partial charge in [-0.1, -0.05) is 19.1 Å². The molecule has 1 saturated heterocycles. The highest BCUT2D eigenvalue weighted by atomic mass is 32.1. The van der Waals surface area contributed by atoms with Crippen molar-refractivity contribution >= 4 is 40.0 Å². The minimum absolute atomic E-state index is 0.0389. The van der Waals surface area contributed by atoms with Gasteiger partial charge in [-0.2, -0.15) is 0 Å². The molecule has 0 atom stereocenters. The standard InChI is InChI=1S/C25H32N4OS2/c1-2-27-13-15-29(16-14-27)22-9-7-21(8-10-22)26-25(30)20-28(19-24-6-4-18-32-24)12-11-23-5-3-17-31-23/h3-10,17-18H,2,11-16,19-20H2,1H3,(H,26,30). The monoisotopic (exact) mass is 468 g/mol. The van der Waals surface area contributed by atoms with Crippen molar-refractivity contribution in [3.8, 4) is 0 Å². The van der Waals surface area contributed by atoms with Crippen LogP contribution in [0.15, 0.2) is 59.3 Å². The molecule has 0 spiro atoms. The largest absolute Gasteiger partial charge is 0.369 e. The van der Waals surface area contributed by atoms with Gasteiger partial charge < -0.3 is 15.1 Å². The second-order valence-electron chi connectivity index (χ2n) is 8.14. The van der Waals surface area contributed by atoms with Crippen LogP contribution in [-0.4, -0.2) is 61.5 Å². The van der Waals surface area contributed by atoms with Crippen molar-refractivity contribution in [1.82, 2.24) is 9.80 Å². The van der Waals surface area contributed by atoms with E-state index in [1.807, 2.05) is 12.1 Å². The van der Waals surface area contributed by atoms with Crippen molar-refractivity contribution in [3.05, 3.63) is 69.0 Å². The summed E-state index contributed by atoms with van der Waals surface area (Å²) in [7, 11) is 0. The molecule has 7 heteroatoms. The number of nitrogens with zero attached hydrogens (tertiary/aromatic N) is 3. The zero-order chi connectivity index (χ0) is 22.2. The van der Waals surface area contributed by atoms with Crippen LogP contribution in [0.1, 0.15) is 16.7 Å². The second kappa shape index (κ2) is 11.6. The van der Waals surface area contributed by atoms with Crippen molar-refractivity contribution in [3.63, 3.8) is 0 Å². The topological polar surface area (TPSA) is 38.8 Å². The average molecular weight is 469 g/mol. The molecule has 1 aromatic carbocycles. The molecule has 1 aliphatic rings. The Morgan fingerprint density at radius 1 is 0.969 bits per heavy atom. The van der Waals surface area contributed by atoms with E-state index in [9.17, 15) is 4.79 Å². The van der Waals surface area contributed by atoms with E-state index < -0.39 is 0 Å². The van der Waals surface area contributed by atoms with Crippen LogP contribution in [-0.2, 0) is 17.8 Å². The van der Waals surface area contributed by atoms with Gasteiger partial charge in [0.1, 0.15) is 0 Å². The highest BCUT2D eigenvalue weighted by molar-refractivity contribution is 7.10. The zero-order valence-electron chi connectivity index (χ0n) is 18.7. The van der Waals surface area contributed by atoms with E-state index in [-0.39, 0.29) is 5.91 Å². The van der Waals surface area contributed by atoms with Crippen LogP contribution in [0, 0.1) is 0 Å². The number of hydrogen-bond acceptors (Lipinski definition) is 6. The fourth-order valence-electron chi connectivity index (χ4n) is 4.04. The third-order valence-electron chi connectivity index (χ3n) is 5.92. The van der Waals surface area contributed by atoms with E-state index >= 15 is 0 Å². The van der Waals surface area contributed by atoms with E-state index in [2.05, 4.69) is 74.1 Å². The van der Waals surface area contributed by atoms with Gasteiger partial charge in [-0.05, 0) is 60.1 Å². The normalized spacial score (nSPS) is 14.8. The predicted molar refractivity (Wildman–Crippen MR) is 137 cm³/mol. The first-order valence-corrected chi connectivity index (χ1v) is 13.1. The molecule has 3 aromatic rings. The Balaban J connectivity index is 1.30. The van der Waals surface area contributed by atoms with Gasteiger partial charge in [-0.25, -0.2) is 0 Å². The molecule has 1 fully saturated rings. The molecular weight excluding hydrogens is 436 g/mol. The number of thiophene rings is 2. The van der Waals surface area contributed by atoms with Crippen molar-refractivity contribution in [2.24, 2.45) is 0 Å². The summed E-state index contributed by atoms with van der Waals surface area (Å²) in [5, 5.41) is 7.29. The third-order valence-corrected chi connectivity index (χ3v) is 7.71. The first kappa shape index (κ1) is 23.0. The van der Waals surface area contributed by atoms with Gasteiger partial charge in [0.05, 0.1) is 6.54 Å². The van der Waals surface area contributed by atoms with Gasteiger partial charge in [-0.3, -0.25) is 9.69 Å². The SMILES string of the molecule is CCN1CCN(c2ccc(NC(=O)CN(CCc3cccs3)Cc3cccs3)cc2)CC1. The Morgan fingerprint density at radius 2 is 1.66 bits per heavy atom. The Kier molecular flexibility index (Phi) is 8.34. The molecule has 0 saturated carbocycles. The molecule has 1 amide bonds. The van der Waals surface area contributed by atoms with Crippen LogP contribution in [0.2, 0.25) is 0 Å². The van der Waals surface area contributed by atoms with E-state index in [1.54, 1.807) is 22.7 Å². The molecule has 2 aromatic heterocycles. The lowest BCUT2D eigenvalue weighted by atomic mass is 10.2. The minimum Gasteiger partial charge on any atom is -0.369 e. The molecule has 1 N–H and O–H groups in total. The minimum atomic E-state index is 0.0389. The van der Waals surface area contributed by atoms with E-state index in [0.29, 0.717) is 6.54 Å². The first-order valence-electron chi connectivity index (χ1n) is 11.3. The van der Waals surface area contributed by atoms with E-state index in [1.165, 1.54) is 15.4 Å². The summed E-state index contributed by atoms with van der Waals surface area (Å²) in [5.74, 6) is 0.0389. The average Bonchev–Trinajstić information content (AvgIpc) is 3.52. The highest BCUT2D eigenvalue weighted by Crippen LogP contribution is 2.20. The maximum absolute atomic E-state index is 12.8. The number of amides is 1. The van der Waals surface area contributed by atoms with Gasteiger partial charge >= 0.3 is 0 Å². The smallest absolute Gasteiger partial charge is 0.238 e. The molecule has 0 aliphatic carbocycles. The third kappa shape index (κ3) is 6.65. The highest BCUT2D eigenvalue weighted by Gasteiger charge is 2.16. The number of hydrogen-bond donors (Lipinski definition) is 1. The number of piperazine rings is 1. The molecule has 0 unspecified atom stereocenters. The summed E-state index contributed by atoms with van der Waals surface area (Å²) >= 11 is 3.52. The van der Waals surface area contributed by atoms with Crippen LogP contribution in [0.4, 0.5) is 11.4 Å². The summed E-state index contributed by atoms with van der Waals surface area (Å²) < 4.78 is 0. The number of rotatable bonds is 10. The Bertz CT molecular complexity index is 933. The Labute approximate surface area is 199 Å². The first-order chi connectivity index (χ1) is 15.7. The van der Waals surface area contributed by atoms with Crippen LogP contribution in [0.3, 0.4) is 0 Å². The number of carbonyl (C=O) groups excluding carboxylic acids is 1. The number of likely N-dealkylation sites (N-methyl/N-ethyl adjacent to an activating group) is 1. The molecule has 1 aliphatic heterocycles. The van der Waals surface area contributed by atoms with Gasteiger partial charge in [0.2, 0.25) is 5.91 Å². The summed E-state index contributed by atoms with van der Waals surface area (Å²) in [6, 6.07) is 16.8. The van der Waals surface area contributed by atoms with Crippen LogP contribution in [0.5, 0.6) is 0 Å². The fourth-order valence-corrected chi connectivity index (χ4v) is 5.49. The van der Waals surface area contributed by atoms with Crippen LogP contribution in [0.25, 0.3) is 0 Å². The van der Waals surface area contributed by atoms with Gasteiger partial charge in [0, 0.05) is 60.4 Å². The summed E-state index contributed by atoms with van der Waals surface area (Å²) in [5.41, 5.74) is 2.09. The summed E-state index contributed by atoms with van der Waals surface area (Å²) in [6.45, 7) is 9.74. The zero-order valence-corrected chi connectivity index (χ0v) is 20.3. The summed E-state index contributed by atoms with van der Waals surface area (Å²) in [6.07, 6.45) is 0.969. The molecule has 0 bridgehead atoms. The second-order valence-corrected chi connectivity index (χ2v) is 10.2. The van der Waals surface area contributed by atoms with Crippen molar-refractivity contribution < 1.29 is 4.79 Å². The molecule has 170 valence electrons. The maximum Gasteiger partial charge on any atom is 0.238 e. The van der Waals surface area contributed by atoms with Crippen LogP contribution >= 0.6 is 22.7 Å². The van der Waals surface area contributed by atoms with Crippen molar-refractivity contribution in [1.29, 1.82) is 0 Å². The summed E-state index contributed by atoms with van der Waals surface area (Å²) in [4.78, 5) is 22.6. The van der Waals surface area contributed by atoms with Crippen LogP contribution < -0.4 is 10.2 Å². The maximum atomic E-state index is 12.8. The Hall–Kier alpha value is -2.19. The number of benzene rings is 1. The quantitative estimate of drug-likeness (QED) is 0.471. The van der Waals surface area contributed by atoms with Gasteiger partial charge in [0.25, 0.3) is 0 Å². The number of anilines is 2. The van der Waals surface area contributed by atoms with Gasteiger partial charge in [-0.15, -0.1) is 22.7 Å². The predicted octanol–water partition coefficient (Wildman–Crippen LogP) is 4.63. The van der Waals surface area contributed by atoms with E-state index in [4.69, 9.17) is 0 Å². The van der Waals surface area contributed by atoms with Crippen molar-refractivity contribution in [2.45, 2.75) is 19.9 Å². The lowest BCUT2D eigenvalue weighted by Gasteiger charge is -2.35. The number of carbonyl (C=O) groups is 1.